The molecule has 2 aromatic rings. The first-order chi connectivity index (χ1) is 8.63. The molecule has 0 bridgehead atoms. The maximum absolute atomic E-state index is 13.1. The standard InChI is InChI=1S/C12H13F2N3O/c1-3-10(15-2)12-17-16-11(18-12)7-4-8(13)6-9(14)5-7/h4-6,10,15H,3H2,1-2H3. The van der Waals surface area contributed by atoms with Crippen LogP contribution in [0.3, 0.4) is 0 Å². The lowest BCUT2D eigenvalue weighted by molar-refractivity contribution is 0.415. The van der Waals surface area contributed by atoms with Crippen molar-refractivity contribution < 1.29 is 13.2 Å². The van der Waals surface area contributed by atoms with Crippen LogP contribution in [0.5, 0.6) is 0 Å². The van der Waals surface area contributed by atoms with E-state index in [0.29, 0.717) is 5.89 Å². The minimum Gasteiger partial charge on any atom is -0.419 e. The van der Waals surface area contributed by atoms with Crippen LogP contribution in [-0.4, -0.2) is 17.2 Å². The summed E-state index contributed by atoms with van der Waals surface area (Å²) in [6.45, 7) is 1.97. The van der Waals surface area contributed by atoms with Crippen LogP contribution in [0.2, 0.25) is 0 Å². The lowest BCUT2D eigenvalue weighted by atomic mass is 10.2. The van der Waals surface area contributed by atoms with E-state index in [1.165, 1.54) is 0 Å². The predicted molar refractivity (Wildman–Crippen MR) is 61.7 cm³/mol. The van der Waals surface area contributed by atoms with E-state index in [1.807, 2.05) is 6.92 Å². The average Bonchev–Trinajstić information content (AvgIpc) is 2.79. The van der Waals surface area contributed by atoms with Gasteiger partial charge in [-0.15, -0.1) is 10.2 Å². The molecule has 0 spiro atoms. The highest BCUT2D eigenvalue weighted by Crippen LogP contribution is 2.23. The first-order valence-electron chi connectivity index (χ1n) is 5.61. The molecule has 0 aliphatic heterocycles. The van der Waals surface area contributed by atoms with Crippen LogP contribution >= 0.6 is 0 Å². The zero-order valence-corrected chi connectivity index (χ0v) is 10.1. The van der Waals surface area contributed by atoms with Crippen molar-refractivity contribution in [3.63, 3.8) is 0 Å². The highest BCUT2D eigenvalue weighted by Gasteiger charge is 2.16. The Morgan fingerprint density at radius 3 is 2.44 bits per heavy atom. The molecular formula is C12H13F2N3O. The quantitative estimate of drug-likeness (QED) is 0.910. The highest BCUT2D eigenvalue weighted by atomic mass is 19.1. The zero-order valence-electron chi connectivity index (χ0n) is 10.1. The topological polar surface area (TPSA) is 51.0 Å². The van der Waals surface area contributed by atoms with Crippen molar-refractivity contribution in [1.29, 1.82) is 0 Å². The third-order valence-electron chi connectivity index (χ3n) is 2.60. The summed E-state index contributed by atoms with van der Waals surface area (Å²) in [7, 11) is 1.78. The minimum atomic E-state index is -0.676. The van der Waals surface area contributed by atoms with Crippen LogP contribution in [-0.2, 0) is 0 Å². The van der Waals surface area contributed by atoms with Gasteiger partial charge in [-0.05, 0) is 25.6 Å². The lowest BCUT2D eigenvalue weighted by Crippen LogP contribution is -2.15. The summed E-state index contributed by atoms with van der Waals surface area (Å²) < 4.78 is 31.5. The van der Waals surface area contributed by atoms with Gasteiger partial charge in [-0.2, -0.15) is 0 Å². The molecule has 0 radical (unpaired) electrons. The molecule has 1 atom stereocenters. The Morgan fingerprint density at radius 1 is 1.22 bits per heavy atom. The van der Waals surface area contributed by atoms with Crippen molar-refractivity contribution in [2.24, 2.45) is 0 Å². The third-order valence-corrected chi connectivity index (χ3v) is 2.60. The molecule has 0 fully saturated rings. The average molecular weight is 253 g/mol. The second kappa shape index (κ2) is 5.22. The van der Waals surface area contributed by atoms with E-state index in [2.05, 4.69) is 15.5 Å². The molecule has 96 valence electrons. The lowest BCUT2D eigenvalue weighted by Gasteiger charge is -2.07. The van der Waals surface area contributed by atoms with Gasteiger partial charge in [0.2, 0.25) is 11.8 Å². The number of nitrogens with zero attached hydrogens (tertiary/aromatic N) is 2. The van der Waals surface area contributed by atoms with Crippen molar-refractivity contribution in [3.05, 3.63) is 35.7 Å². The number of aromatic nitrogens is 2. The summed E-state index contributed by atoms with van der Waals surface area (Å²) in [5.41, 5.74) is 0.234. The summed E-state index contributed by atoms with van der Waals surface area (Å²) in [4.78, 5) is 0. The van der Waals surface area contributed by atoms with E-state index in [0.717, 1.165) is 24.6 Å². The zero-order chi connectivity index (χ0) is 13.1. The molecule has 1 aromatic heterocycles. The van der Waals surface area contributed by atoms with E-state index >= 15 is 0 Å². The van der Waals surface area contributed by atoms with Gasteiger partial charge in [0.15, 0.2) is 0 Å². The van der Waals surface area contributed by atoms with E-state index in [1.54, 1.807) is 7.05 Å². The van der Waals surface area contributed by atoms with E-state index in [-0.39, 0.29) is 17.5 Å². The normalized spacial score (nSPS) is 12.7. The number of rotatable bonds is 4. The van der Waals surface area contributed by atoms with Crippen LogP contribution in [0.4, 0.5) is 8.78 Å². The molecule has 1 aromatic carbocycles. The summed E-state index contributed by atoms with van der Waals surface area (Å²) in [6, 6.07) is 3.04. The summed E-state index contributed by atoms with van der Waals surface area (Å²) in [5.74, 6) is -0.840. The molecule has 2 rings (SSSR count). The molecule has 1 N–H and O–H groups in total. The van der Waals surface area contributed by atoms with Crippen molar-refractivity contribution in [2.75, 3.05) is 7.05 Å². The maximum atomic E-state index is 13.1. The summed E-state index contributed by atoms with van der Waals surface area (Å²) >= 11 is 0. The minimum absolute atomic E-state index is 0.0651. The first kappa shape index (κ1) is 12.6. The number of hydrogen-bond acceptors (Lipinski definition) is 4. The molecule has 0 amide bonds. The number of nitrogens with one attached hydrogen (secondary N) is 1. The Bertz CT molecular complexity index is 518. The molecular weight excluding hydrogens is 240 g/mol. The van der Waals surface area contributed by atoms with Gasteiger partial charge in [-0.25, -0.2) is 8.78 Å². The van der Waals surface area contributed by atoms with Crippen molar-refractivity contribution in [2.45, 2.75) is 19.4 Å². The smallest absolute Gasteiger partial charge is 0.248 e. The van der Waals surface area contributed by atoms with Crippen LogP contribution in [0.15, 0.2) is 22.6 Å². The fraction of sp³-hybridized carbons (Fsp3) is 0.333. The number of halogens is 2. The second-order valence-electron chi connectivity index (χ2n) is 3.85. The van der Waals surface area contributed by atoms with Crippen LogP contribution < -0.4 is 5.32 Å². The third kappa shape index (κ3) is 2.53. The fourth-order valence-corrected chi connectivity index (χ4v) is 1.67. The molecule has 18 heavy (non-hydrogen) atoms. The van der Waals surface area contributed by atoms with Gasteiger partial charge in [-0.3, -0.25) is 0 Å². The van der Waals surface area contributed by atoms with Gasteiger partial charge < -0.3 is 9.73 Å². The van der Waals surface area contributed by atoms with Gasteiger partial charge in [0, 0.05) is 11.6 Å². The monoisotopic (exact) mass is 253 g/mol. The molecule has 6 heteroatoms. The number of hydrogen-bond donors (Lipinski definition) is 1. The largest absolute Gasteiger partial charge is 0.419 e. The molecule has 0 saturated heterocycles. The van der Waals surface area contributed by atoms with E-state index < -0.39 is 11.6 Å². The first-order valence-corrected chi connectivity index (χ1v) is 5.61. The van der Waals surface area contributed by atoms with Gasteiger partial charge in [0.1, 0.15) is 11.6 Å². The van der Waals surface area contributed by atoms with Crippen LogP contribution in [0, 0.1) is 11.6 Å². The molecule has 4 nitrogen and oxygen atoms in total. The molecule has 0 aliphatic carbocycles. The van der Waals surface area contributed by atoms with E-state index in [4.69, 9.17) is 4.42 Å². The SMILES string of the molecule is CCC(NC)c1nnc(-c2cc(F)cc(F)c2)o1. The molecule has 0 aliphatic rings. The fourth-order valence-electron chi connectivity index (χ4n) is 1.67. The van der Waals surface area contributed by atoms with Gasteiger partial charge in [0.25, 0.3) is 0 Å². The Labute approximate surface area is 103 Å². The highest BCUT2D eigenvalue weighted by molar-refractivity contribution is 5.52. The Morgan fingerprint density at radius 2 is 1.89 bits per heavy atom. The maximum Gasteiger partial charge on any atom is 0.248 e. The number of benzene rings is 1. The second-order valence-corrected chi connectivity index (χ2v) is 3.85. The van der Waals surface area contributed by atoms with Gasteiger partial charge in [0.05, 0.1) is 6.04 Å². The van der Waals surface area contributed by atoms with Gasteiger partial charge in [-0.1, -0.05) is 6.92 Å². The van der Waals surface area contributed by atoms with Crippen molar-refractivity contribution in [3.8, 4) is 11.5 Å². The summed E-state index contributed by atoms with van der Waals surface area (Å²) in [5, 5.41) is 10.7. The molecule has 1 heterocycles. The Hall–Kier alpha value is -1.82. The molecule has 1 unspecified atom stereocenters. The van der Waals surface area contributed by atoms with Crippen LogP contribution in [0.25, 0.3) is 11.5 Å². The predicted octanol–water partition coefficient (Wildman–Crippen LogP) is 2.69. The Balaban J connectivity index is 2.34. The molecule has 0 saturated carbocycles. The van der Waals surface area contributed by atoms with E-state index in [9.17, 15) is 8.78 Å². The van der Waals surface area contributed by atoms with Gasteiger partial charge >= 0.3 is 0 Å². The van der Waals surface area contributed by atoms with Crippen molar-refractivity contribution in [1.82, 2.24) is 15.5 Å². The summed E-state index contributed by atoms with van der Waals surface area (Å²) in [6.07, 6.45) is 0.773. The van der Waals surface area contributed by atoms with Crippen LogP contribution in [0.1, 0.15) is 25.3 Å². The Kier molecular flexibility index (Phi) is 3.66. The van der Waals surface area contributed by atoms with Crippen molar-refractivity contribution >= 4 is 0 Å².